The maximum absolute atomic E-state index is 4.33. The first-order valence-electron chi connectivity index (χ1n) is 7.85. The van der Waals surface area contributed by atoms with Crippen LogP contribution in [0, 0.1) is 11.8 Å². The highest BCUT2D eigenvalue weighted by Crippen LogP contribution is 2.39. The topological polar surface area (TPSA) is 33.1 Å². The molecule has 4 rings (SSSR count). The van der Waals surface area contributed by atoms with E-state index in [1.54, 1.807) is 0 Å². The standard InChI is InChI=1S/C15H24N4/c1-6-17-19(7-1)9-8-18-11-14(12-2-3-12)16-10-15(18)13-4-5-13/h1,6-7,12-16H,2-5,8-11H2. The molecule has 1 aromatic rings. The molecule has 1 aromatic heterocycles. The predicted molar refractivity (Wildman–Crippen MR) is 74.8 cm³/mol. The molecular formula is C15H24N4. The van der Waals surface area contributed by atoms with Gasteiger partial charge in [-0.2, -0.15) is 5.10 Å². The number of hydrogen-bond donors (Lipinski definition) is 1. The minimum atomic E-state index is 0.757. The molecule has 0 bridgehead atoms. The van der Waals surface area contributed by atoms with Gasteiger partial charge in [-0.15, -0.1) is 0 Å². The minimum Gasteiger partial charge on any atom is -0.311 e. The Balaban J connectivity index is 1.38. The van der Waals surface area contributed by atoms with Gasteiger partial charge in [-0.25, -0.2) is 0 Å². The highest BCUT2D eigenvalue weighted by molar-refractivity contribution is 4.99. The number of nitrogens with one attached hydrogen (secondary N) is 1. The fourth-order valence-electron chi connectivity index (χ4n) is 3.53. The van der Waals surface area contributed by atoms with E-state index < -0.39 is 0 Å². The number of hydrogen-bond acceptors (Lipinski definition) is 3. The molecule has 0 amide bonds. The first-order valence-corrected chi connectivity index (χ1v) is 7.85. The Morgan fingerprint density at radius 2 is 1.95 bits per heavy atom. The average molecular weight is 260 g/mol. The van der Waals surface area contributed by atoms with Gasteiger partial charge in [0.05, 0.1) is 6.54 Å². The third-order valence-corrected chi connectivity index (χ3v) is 5.02. The van der Waals surface area contributed by atoms with Gasteiger partial charge in [-0.1, -0.05) is 0 Å². The zero-order valence-electron chi connectivity index (χ0n) is 11.5. The van der Waals surface area contributed by atoms with Gasteiger partial charge in [0.15, 0.2) is 0 Å². The van der Waals surface area contributed by atoms with Gasteiger partial charge in [-0.05, 0) is 43.6 Å². The van der Waals surface area contributed by atoms with Crippen LogP contribution in [0.25, 0.3) is 0 Å². The van der Waals surface area contributed by atoms with Crippen molar-refractivity contribution in [2.24, 2.45) is 11.8 Å². The van der Waals surface area contributed by atoms with Crippen molar-refractivity contribution in [3.05, 3.63) is 18.5 Å². The molecule has 3 fully saturated rings. The second-order valence-electron chi connectivity index (χ2n) is 6.52. The SMILES string of the molecule is c1cnn(CCN2CC(C3CC3)NCC2C2CC2)c1. The lowest BCUT2D eigenvalue weighted by molar-refractivity contribution is 0.102. The third kappa shape index (κ3) is 2.70. The lowest BCUT2D eigenvalue weighted by atomic mass is 10.0. The van der Waals surface area contributed by atoms with Gasteiger partial charge in [-0.3, -0.25) is 9.58 Å². The third-order valence-electron chi connectivity index (χ3n) is 5.02. The molecule has 3 aliphatic rings. The molecule has 1 aliphatic heterocycles. The van der Waals surface area contributed by atoms with Crippen LogP contribution in [-0.2, 0) is 6.54 Å². The Morgan fingerprint density at radius 3 is 2.63 bits per heavy atom. The van der Waals surface area contributed by atoms with Crippen LogP contribution < -0.4 is 5.32 Å². The minimum absolute atomic E-state index is 0.757. The van der Waals surface area contributed by atoms with E-state index in [1.165, 1.54) is 38.8 Å². The fraction of sp³-hybridized carbons (Fsp3) is 0.800. The second kappa shape index (κ2) is 4.91. The lowest BCUT2D eigenvalue weighted by Gasteiger charge is -2.41. The largest absolute Gasteiger partial charge is 0.311 e. The number of aromatic nitrogens is 2. The molecule has 19 heavy (non-hydrogen) atoms. The smallest absolute Gasteiger partial charge is 0.0536 e. The molecule has 2 unspecified atom stereocenters. The van der Waals surface area contributed by atoms with Crippen LogP contribution in [0.5, 0.6) is 0 Å². The highest BCUT2D eigenvalue weighted by atomic mass is 15.3. The van der Waals surface area contributed by atoms with Crippen LogP contribution in [0.3, 0.4) is 0 Å². The summed E-state index contributed by atoms with van der Waals surface area (Å²) in [5.41, 5.74) is 0. The maximum atomic E-state index is 4.33. The molecule has 2 atom stereocenters. The van der Waals surface area contributed by atoms with Gasteiger partial charge in [0.25, 0.3) is 0 Å². The first kappa shape index (κ1) is 11.9. The molecule has 0 radical (unpaired) electrons. The number of nitrogens with zero attached hydrogens (tertiary/aromatic N) is 3. The highest BCUT2D eigenvalue weighted by Gasteiger charge is 2.42. The summed E-state index contributed by atoms with van der Waals surface area (Å²) >= 11 is 0. The van der Waals surface area contributed by atoms with Crippen LogP contribution in [0.15, 0.2) is 18.5 Å². The average Bonchev–Trinajstić information content (AvgIpc) is 3.35. The van der Waals surface area contributed by atoms with Crippen molar-refractivity contribution < 1.29 is 0 Å². The van der Waals surface area contributed by atoms with E-state index in [2.05, 4.69) is 26.2 Å². The summed E-state index contributed by atoms with van der Waals surface area (Å²) in [6, 6.07) is 3.56. The monoisotopic (exact) mass is 260 g/mol. The van der Waals surface area contributed by atoms with Crippen LogP contribution >= 0.6 is 0 Å². The van der Waals surface area contributed by atoms with Crippen molar-refractivity contribution in [3.63, 3.8) is 0 Å². The summed E-state index contributed by atoms with van der Waals surface area (Å²) in [5.74, 6) is 1.93. The van der Waals surface area contributed by atoms with Gasteiger partial charge >= 0.3 is 0 Å². The van der Waals surface area contributed by atoms with E-state index in [1.807, 2.05) is 12.3 Å². The Labute approximate surface area is 115 Å². The molecule has 4 nitrogen and oxygen atoms in total. The second-order valence-corrected chi connectivity index (χ2v) is 6.52. The fourth-order valence-corrected chi connectivity index (χ4v) is 3.53. The van der Waals surface area contributed by atoms with Crippen molar-refractivity contribution >= 4 is 0 Å². The van der Waals surface area contributed by atoms with Crippen molar-refractivity contribution in [2.75, 3.05) is 19.6 Å². The Morgan fingerprint density at radius 1 is 1.11 bits per heavy atom. The van der Waals surface area contributed by atoms with E-state index in [4.69, 9.17) is 0 Å². The molecular weight excluding hydrogens is 236 g/mol. The summed E-state index contributed by atoms with van der Waals surface area (Å²) in [4.78, 5) is 2.75. The lowest BCUT2D eigenvalue weighted by Crippen LogP contribution is -2.58. The molecule has 104 valence electrons. The van der Waals surface area contributed by atoms with Crippen molar-refractivity contribution in [3.8, 4) is 0 Å². The molecule has 0 aromatic carbocycles. The van der Waals surface area contributed by atoms with Crippen LogP contribution in [0.4, 0.5) is 0 Å². The van der Waals surface area contributed by atoms with Crippen LogP contribution in [-0.4, -0.2) is 46.4 Å². The van der Waals surface area contributed by atoms with E-state index in [9.17, 15) is 0 Å². The summed E-state index contributed by atoms with van der Waals surface area (Å²) in [6.07, 6.45) is 9.73. The first-order chi connectivity index (χ1) is 9.40. The van der Waals surface area contributed by atoms with Gasteiger partial charge < -0.3 is 5.32 Å². The van der Waals surface area contributed by atoms with Crippen molar-refractivity contribution in [2.45, 2.75) is 44.3 Å². The quantitative estimate of drug-likeness (QED) is 0.867. The molecule has 2 heterocycles. The molecule has 1 N–H and O–H groups in total. The van der Waals surface area contributed by atoms with Crippen LogP contribution in [0.1, 0.15) is 25.7 Å². The number of piperazine rings is 1. The zero-order chi connectivity index (χ0) is 12.7. The summed E-state index contributed by atoms with van der Waals surface area (Å²) in [5, 5.41) is 8.14. The normalized spacial score (nSPS) is 32.6. The Hall–Kier alpha value is -0.870. The van der Waals surface area contributed by atoms with Gasteiger partial charge in [0.2, 0.25) is 0 Å². The Bertz CT molecular complexity index is 408. The predicted octanol–water partition coefficient (Wildman–Crippen LogP) is 1.35. The maximum Gasteiger partial charge on any atom is 0.0536 e. The zero-order valence-corrected chi connectivity index (χ0v) is 11.5. The van der Waals surface area contributed by atoms with Gasteiger partial charge in [0.1, 0.15) is 0 Å². The molecule has 4 heteroatoms. The molecule has 2 aliphatic carbocycles. The summed E-state index contributed by atoms with van der Waals surface area (Å²) < 4.78 is 2.07. The summed E-state index contributed by atoms with van der Waals surface area (Å²) in [7, 11) is 0. The van der Waals surface area contributed by atoms with Crippen molar-refractivity contribution in [1.82, 2.24) is 20.0 Å². The molecule has 0 spiro atoms. The Kier molecular flexibility index (Phi) is 3.08. The van der Waals surface area contributed by atoms with E-state index in [0.717, 1.165) is 37.0 Å². The van der Waals surface area contributed by atoms with E-state index in [-0.39, 0.29) is 0 Å². The van der Waals surface area contributed by atoms with Gasteiger partial charge in [0, 0.05) is 44.1 Å². The number of rotatable bonds is 5. The summed E-state index contributed by atoms with van der Waals surface area (Å²) in [6.45, 7) is 4.67. The van der Waals surface area contributed by atoms with E-state index >= 15 is 0 Å². The van der Waals surface area contributed by atoms with Crippen molar-refractivity contribution in [1.29, 1.82) is 0 Å². The molecule has 2 saturated carbocycles. The molecule has 1 saturated heterocycles. The van der Waals surface area contributed by atoms with E-state index in [0.29, 0.717) is 0 Å². The van der Waals surface area contributed by atoms with Crippen LogP contribution in [0.2, 0.25) is 0 Å².